The number of hydrogen-bond acceptors (Lipinski definition) is 1. The number of rotatable bonds is 5. The molecule has 0 aromatic heterocycles. The van der Waals surface area contributed by atoms with E-state index in [2.05, 4.69) is 29.4 Å². The summed E-state index contributed by atoms with van der Waals surface area (Å²) in [6, 6.07) is 12.9. The molecule has 0 atom stereocenters. The third kappa shape index (κ3) is 6.17. The zero-order valence-corrected chi connectivity index (χ0v) is 15.8. The Morgan fingerprint density at radius 3 is 2.70 bits per heavy atom. The van der Waals surface area contributed by atoms with E-state index >= 15 is 0 Å². The second kappa shape index (κ2) is 9.50. The number of nitrogens with zero attached hydrogens (tertiary/aromatic N) is 1. The van der Waals surface area contributed by atoms with Gasteiger partial charge in [-0.25, -0.2) is 4.39 Å². The molecule has 2 aromatic rings. The largest absolute Gasteiger partial charge is 0.370 e. The Morgan fingerprint density at radius 2 is 2.00 bits per heavy atom. The predicted octanol–water partition coefficient (Wildman–Crippen LogP) is 4.28. The normalized spacial score (nSPS) is 11.0. The second-order valence-electron chi connectivity index (χ2n) is 5.27. The minimum atomic E-state index is -0.207. The minimum Gasteiger partial charge on any atom is -0.370 e. The monoisotopic (exact) mass is 427 g/mol. The zero-order chi connectivity index (χ0) is 15.9. The number of benzene rings is 2. The molecule has 0 spiro atoms. The Hall–Kier alpha value is -1.63. The number of aryl methyl sites for hydroxylation is 2. The van der Waals surface area contributed by atoms with Crippen molar-refractivity contribution in [3.05, 3.63) is 65.0 Å². The van der Waals surface area contributed by atoms with Crippen LogP contribution in [0.3, 0.4) is 0 Å². The van der Waals surface area contributed by atoms with Crippen LogP contribution >= 0.6 is 24.0 Å². The smallest absolute Gasteiger partial charge is 0.193 e. The molecule has 0 fully saturated rings. The lowest BCUT2D eigenvalue weighted by molar-refractivity contribution is 0.625. The van der Waals surface area contributed by atoms with E-state index in [-0.39, 0.29) is 29.8 Å². The third-order valence-corrected chi connectivity index (χ3v) is 3.58. The minimum absolute atomic E-state index is 0. The van der Waals surface area contributed by atoms with Crippen LogP contribution in [0, 0.1) is 12.7 Å². The quantitative estimate of drug-likeness (QED) is 0.425. The summed E-state index contributed by atoms with van der Waals surface area (Å²) in [6.45, 7) is 4.58. The fourth-order valence-electron chi connectivity index (χ4n) is 2.29. The van der Waals surface area contributed by atoms with Crippen LogP contribution in [0.5, 0.6) is 0 Å². The highest BCUT2D eigenvalue weighted by molar-refractivity contribution is 14.0. The Bertz CT molecular complexity index is 671. The van der Waals surface area contributed by atoms with Crippen molar-refractivity contribution in [3.63, 3.8) is 0 Å². The topological polar surface area (TPSA) is 50.4 Å². The first kappa shape index (κ1) is 19.4. The van der Waals surface area contributed by atoms with Gasteiger partial charge in [-0.15, -0.1) is 24.0 Å². The third-order valence-electron chi connectivity index (χ3n) is 3.58. The van der Waals surface area contributed by atoms with Gasteiger partial charge in [-0.2, -0.15) is 0 Å². The summed E-state index contributed by atoms with van der Waals surface area (Å²) in [6.07, 6.45) is 1.72. The summed E-state index contributed by atoms with van der Waals surface area (Å²) < 4.78 is 13.0. The highest BCUT2D eigenvalue weighted by Crippen LogP contribution is 2.12. The first-order valence-electron chi connectivity index (χ1n) is 7.49. The van der Waals surface area contributed by atoms with E-state index in [1.54, 1.807) is 6.07 Å². The summed E-state index contributed by atoms with van der Waals surface area (Å²) in [7, 11) is 0. The van der Waals surface area contributed by atoms with Gasteiger partial charge in [0, 0.05) is 12.2 Å². The van der Waals surface area contributed by atoms with Crippen LogP contribution in [0.4, 0.5) is 10.1 Å². The highest BCUT2D eigenvalue weighted by Gasteiger charge is 2.00. The molecule has 23 heavy (non-hydrogen) atoms. The summed E-state index contributed by atoms with van der Waals surface area (Å²) in [4.78, 5) is 4.32. The SMILES string of the molecule is CCc1cccc(NC(N)=NCCc2ccc(F)cc2C)c1.I. The van der Waals surface area contributed by atoms with E-state index in [0.717, 1.165) is 29.7 Å². The lowest BCUT2D eigenvalue weighted by Crippen LogP contribution is -2.23. The molecule has 0 saturated heterocycles. The molecular weight excluding hydrogens is 404 g/mol. The van der Waals surface area contributed by atoms with Crippen LogP contribution in [0.2, 0.25) is 0 Å². The van der Waals surface area contributed by atoms with E-state index in [1.165, 1.54) is 17.7 Å². The van der Waals surface area contributed by atoms with Gasteiger partial charge in [0.15, 0.2) is 5.96 Å². The Labute approximate surface area is 154 Å². The van der Waals surface area contributed by atoms with E-state index < -0.39 is 0 Å². The molecule has 0 radical (unpaired) electrons. The fourth-order valence-corrected chi connectivity index (χ4v) is 2.29. The lowest BCUT2D eigenvalue weighted by atomic mass is 10.1. The molecule has 0 amide bonds. The van der Waals surface area contributed by atoms with Crippen molar-refractivity contribution >= 4 is 35.6 Å². The van der Waals surface area contributed by atoms with Gasteiger partial charge in [0.25, 0.3) is 0 Å². The molecule has 0 aliphatic rings. The number of halogens is 2. The van der Waals surface area contributed by atoms with Crippen LogP contribution in [0.1, 0.15) is 23.6 Å². The predicted molar refractivity (Wildman–Crippen MR) is 106 cm³/mol. The summed E-state index contributed by atoms with van der Waals surface area (Å²) in [5, 5.41) is 3.09. The van der Waals surface area contributed by atoms with Crippen LogP contribution < -0.4 is 11.1 Å². The maximum Gasteiger partial charge on any atom is 0.193 e. The van der Waals surface area contributed by atoms with E-state index in [1.807, 2.05) is 19.1 Å². The van der Waals surface area contributed by atoms with E-state index in [9.17, 15) is 4.39 Å². The van der Waals surface area contributed by atoms with Gasteiger partial charge >= 0.3 is 0 Å². The molecular formula is C18H23FIN3. The van der Waals surface area contributed by atoms with Gasteiger partial charge in [-0.1, -0.05) is 25.1 Å². The fraction of sp³-hybridized carbons (Fsp3) is 0.278. The number of nitrogens with one attached hydrogen (secondary N) is 1. The second-order valence-corrected chi connectivity index (χ2v) is 5.27. The van der Waals surface area contributed by atoms with Gasteiger partial charge in [0.05, 0.1) is 0 Å². The van der Waals surface area contributed by atoms with Crippen LogP contribution in [-0.2, 0) is 12.8 Å². The standard InChI is InChI=1S/C18H22FN3.HI/c1-3-14-5-4-6-17(12-14)22-18(20)21-10-9-15-7-8-16(19)11-13(15)2;/h4-8,11-12H,3,9-10H2,1-2H3,(H3,20,21,22);1H. The van der Waals surface area contributed by atoms with Crippen molar-refractivity contribution in [2.24, 2.45) is 10.7 Å². The van der Waals surface area contributed by atoms with Crippen molar-refractivity contribution in [1.82, 2.24) is 0 Å². The van der Waals surface area contributed by atoms with Crippen LogP contribution in [0.25, 0.3) is 0 Å². The van der Waals surface area contributed by atoms with Gasteiger partial charge < -0.3 is 11.1 Å². The van der Waals surface area contributed by atoms with Crippen molar-refractivity contribution in [1.29, 1.82) is 0 Å². The molecule has 0 aliphatic heterocycles. The number of aliphatic imine (C=N–C) groups is 1. The van der Waals surface area contributed by atoms with Gasteiger partial charge in [0.1, 0.15) is 5.82 Å². The average Bonchev–Trinajstić information content (AvgIpc) is 2.49. The number of guanidine groups is 1. The summed E-state index contributed by atoms with van der Waals surface area (Å²) >= 11 is 0. The van der Waals surface area contributed by atoms with Gasteiger partial charge in [0.2, 0.25) is 0 Å². The molecule has 0 heterocycles. The number of hydrogen-bond donors (Lipinski definition) is 2. The maximum absolute atomic E-state index is 13.0. The van der Waals surface area contributed by atoms with Crippen molar-refractivity contribution in [2.45, 2.75) is 26.7 Å². The van der Waals surface area contributed by atoms with Crippen LogP contribution in [0.15, 0.2) is 47.5 Å². The Balaban J connectivity index is 0.00000264. The van der Waals surface area contributed by atoms with Crippen molar-refractivity contribution < 1.29 is 4.39 Å². The average molecular weight is 427 g/mol. The van der Waals surface area contributed by atoms with Gasteiger partial charge in [-0.05, 0) is 60.7 Å². The number of anilines is 1. The van der Waals surface area contributed by atoms with Crippen LogP contribution in [-0.4, -0.2) is 12.5 Å². The molecule has 0 aliphatic carbocycles. The molecule has 2 rings (SSSR count). The maximum atomic E-state index is 13.0. The van der Waals surface area contributed by atoms with E-state index in [4.69, 9.17) is 5.73 Å². The first-order chi connectivity index (χ1) is 10.6. The molecule has 0 unspecified atom stereocenters. The molecule has 0 saturated carbocycles. The Morgan fingerprint density at radius 1 is 1.22 bits per heavy atom. The molecule has 3 nitrogen and oxygen atoms in total. The van der Waals surface area contributed by atoms with Gasteiger partial charge in [-0.3, -0.25) is 4.99 Å². The van der Waals surface area contributed by atoms with Crippen molar-refractivity contribution in [3.8, 4) is 0 Å². The molecule has 3 N–H and O–H groups in total. The summed E-state index contributed by atoms with van der Waals surface area (Å²) in [5.74, 6) is 0.190. The molecule has 2 aromatic carbocycles. The highest BCUT2D eigenvalue weighted by atomic mass is 127. The Kier molecular flexibility index (Phi) is 8.02. The molecule has 5 heteroatoms. The first-order valence-corrected chi connectivity index (χ1v) is 7.49. The summed E-state index contributed by atoms with van der Waals surface area (Å²) in [5.41, 5.74) is 10.1. The zero-order valence-electron chi connectivity index (χ0n) is 13.5. The van der Waals surface area contributed by atoms with Crippen molar-refractivity contribution in [2.75, 3.05) is 11.9 Å². The molecule has 124 valence electrons. The lowest BCUT2D eigenvalue weighted by Gasteiger charge is -2.08. The van der Waals surface area contributed by atoms with E-state index in [0.29, 0.717) is 12.5 Å². The molecule has 0 bridgehead atoms. The number of nitrogens with two attached hydrogens (primary N) is 1.